The van der Waals surface area contributed by atoms with E-state index in [9.17, 15) is 29.0 Å². The number of anilines is 1. The zero-order valence-corrected chi connectivity index (χ0v) is 14.1. The molecule has 0 spiro atoms. The van der Waals surface area contributed by atoms with Gasteiger partial charge < -0.3 is 25.7 Å². The zero-order chi connectivity index (χ0) is 19.7. The number of aromatic carboxylic acids is 2. The van der Waals surface area contributed by atoms with Crippen molar-refractivity contribution in [3.8, 4) is 11.1 Å². The highest BCUT2D eigenvalue weighted by molar-refractivity contribution is 6.07. The highest BCUT2D eigenvalue weighted by Gasteiger charge is 2.27. The van der Waals surface area contributed by atoms with Crippen molar-refractivity contribution in [2.75, 3.05) is 12.3 Å². The molecule has 142 valence electrons. The highest BCUT2D eigenvalue weighted by Crippen LogP contribution is 2.31. The summed E-state index contributed by atoms with van der Waals surface area (Å²) in [6.45, 7) is 0.579. The van der Waals surface area contributed by atoms with Crippen LogP contribution in [-0.2, 0) is 11.3 Å². The van der Waals surface area contributed by atoms with Gasteiger partial charge in [0.25, 0.3) is 5.56 Å². The summed E-state index contributed by atoms with van der Waals surface area (Å²) in [6, 6.07) is 3.68. The number of benzene rings is 1. The Morgan fingerprint density at radius 3 is 2.44 bits per heavy atom. The maximum Gasteiger partial charge on any atom is 0.342 e. The number of carboxylic acids is 2. The molecule has 8 nitrogen and oxygen atoms in total. The molecule has 1 heterocycles. The molecule has 1 aromatic heterocycles. The summed E-state index contributed by atoms with van der Waals surface area (Å²) in [5, 5.41) is 18.7. The Kier molecular flexibility index (Phi) is 4.95. The number of nitrogen functional groups attached to an aromatic ring is 1. The average molecular weight is 376 g/mol. The van der Waals surface area contributed by atoms with Gasteiger partial charge in [-0.1, -0.05) is 12.1 Å². The molecule has 0 amide bonds. The SMILES string of the molecule is Nc1[nH]c(=O)c(C(=O)O)c(-c2ccc(COCC3CC3)c(F)c2)c1C(=O)O. The van der Waals surface area contributed by atoms with Crippen molar-refractivity contribution in [2.45, 2.75) is 19.4 Å². The van der Waals surface area contributed by atoms with Gasteiger partial charge in [-0.15, -0.1) is 0 Å². The minimum Gasteiger partial charge on any atom is -0.478 e. The predicted molar refractivity (Wildman–Crippen MR) is 93.2 cm³/mol. The summed E-state index contributed by atoms with van der Waals surface area (Å²) in [7, 11) is 0. The van der Waals surface area contributed by atoms with Crippen molar-refractivity contribution in [3.05, 3.63) is 51.1 Å². The number of nitrogens with two attached hydrogens (primary N) is 1. The average Bonchev–Trinajstić information content (AvgIpc) is 3.39. The van der Waals surface area contributed by atoms with Crippen LogP contribution in [0.2, 0.25) is 0 Å². The molecule has 9 heteroatoms. The molecule has 27 heavy (non-hydrogen) atoms. The van der Waals surface area contributed by atoms with E-state index in [1.54, 1.807) is 0 Å². The molecular weight excluding hydrogens is 359 g/mol. The summed E-state index contributed by atoms with van der Waals surface area (Å²) in [5.74, 6) is -3.88. The summed E-state index contributed by atoms with van der Waals surface area (Å²) >= 11 is 0. The van der Waals surface area contributed by atoms with Gasteiger partial charge >= 0.3 is 11.9 Å². The van der Waals surface area contributed by atoms with Crippen LogP contribution in [0.3, 0.4) is 0 Å². The van der Waals surface area contributed by atoms with E-state index in [0.29, 0.717) is 12.5 Å². The summed E-state index contributed by atoms with van der Waals surface area (Å²) in [5.41, 5.74) is 2.77. The number of carboxylic acid groups (broad SMARTS) is 2. The minimum atomic E-state index is -1.65. The van der Waals surface area contributed by atoms with Gasteiger partial charge in [0.15, 0.2) is 0 Å². The number of ether oxygens (including phenoxy) is 1. The fourth-order valence-electron chi connectivity index (χ4n) is 2.78. The Morgan fingerprint density at radius 2 is 1.89 bits per heavy atom. The van der Waals surface area contributed by atoms with Crippen LogP contribution >= 0.6 is 0 Å². The molecule has 3 rings (SSSR count). The molecule has 2 aromatic rings. The number of nitrogens with one attached hydrogen (secondary N) is 1. The van der Waals surface area contributed by atoms with Crippen molar-refractivity contribution < 1.29 is 28.9 Å². The van der Waals surface area contributed by atoms with E-state index >= 15 is 0 Å². The van der Waals surface area contributed by atoms with E-state index in [-0.39, 0.29) is 17.7 Å². The molecule has 0 aliphatic heterocycles. The minimum absolute atomic E-state index is 0.0394. The van der Waals surface area contributed by atoms with Crippen LogP contribution in [0.5, 0.6) is 0 Å². The van der Waals surface area contributed by atoms with Crippen LogP contribution in [0, 0.1) is 11.7 Å². The molecule has 0 atom stereocenters. The Morgan fingerprint density at radius 1 is 1.22 bits per heavy atom. The van der Waals surface area contributed by atoms with E-state index in [4.69, 9.17) is 10.5 Å². The molecule has 1 aromatic carbocycles. The maximum atomic E-state index is 14.5. The van der Waals surface area contributed by atoms with Crippen molar-refractivity contribution >= 4 is 17.8 Å². The van der Waals surface area contributed by atoms with Gasteiger partial charge in [-0.25, -0.2) is 14.0 Å². The van der Waals surface area contributed by atoms with Crippen LogP contribution < -0.4 is 11.3 Å². The summed E-state index contributed by atoms with van der Waals surface area (Å²) in [4.78, 5) is 37.0. The Hall–Kier alpha value is -3.20. The third-order valence-corrected chi connectivity index (χ3v) is 4.32. The first kappa shape index (κ1) is 18.6. The second-order valence-electron chi connectivity index (χ2n) is 6.37. The largest absolute Gasteiger partial charge is 0.478 e. The lowest BCUT2D eigenvalue weighted by molar-refractivity contribution is 0.0695. The number of aromatic nitrogens is 1. The van der Waals surface area contributed by atoms with Crippen LogP contribution in [0.1, 0.15) is 39.1 Å². The van der Waals surface area contributed by atoms with Gasteiger partial charge in [0, 0.05) is 17.7 Å². The van der Waals surface area contributed by atoms with E-state index in [1.807, 2.05) is 4.98 Å². The fourth-order valence-corrected chi connectivity index (χ4v) is 2.78. The fraction of sp³-hybridized carbons (Fsp3) is 0.278. The molecule has 0 unspecified atom stereocenters. The normalized spacial score (nSPS) is 13.5. The van der Waals surface area contributed by atoms with Gasteiger partial charge in [0.05, 0.1) is 6.61 Å². The standard InChI is InChI=1S/C18H17FN2O6/c19-11-5-9(3-4-10(11)7-27-6-8-1-2-8)12-13(17(23)24)15(20)21-16(22)14(12)18(25)26/h3-5,8H,1-2,6-7H2,(H,23,24)(H,25,26)(H3,20,21,22). The number of hydrogen-bond donors (Lipinski definition) is 4. The van der Waals surface area contributed by atoms with Gasteiger partial charge in [-0.05, 0) is 30.4 Å². The van der Waals surface area contributed by atoms with Gasteiger partial charge in [0.2, 0.25) is 0 Å². The summed E-state index contributed by atoms with van der Waals surface area (Å²) < 4.78 is 19.9. The molecule has 5 N–H and O–H groups in total. The van der Waals surface area contributed by atoms with E-state index in [2.05, 4.69) is 0 Å². The third kappa shape index (κ3) is 3.82. The monoisotopic (exact) mass is 376 g/mol. The zero-order valence-electron chi connectivity index (χ0n) is 14.1. The number of carbonyl (C=O) groups is 2. The van der Waals surface area contributed by atoms with Crippen molar-refractivity contribution in [3.63, 3.8) is 0 Å². The van der Waals surface area contributed by atoms with Crippen LogP contribution in [0.15, 0.2) is 23.0 Å². The highest BCUT2D eigenvalue weighted by atomic mass is 19.1. The second-order valence-corrected chi connectivity index (χ2v) is 6.37. The number of halogens is 1. The molecule has 1 fully saturated rings. The van der Waals surface area contributed by atoms with Gasteiger partial charge in [-0.2, -0.15) is 0 Å². The van der Waals surface area contributed by atoms with E-state index in [1.165, 1.54) is 12.1 Å². The number of hydrogen-bond acceptors (Lipinski definition) is 5. The molecule has 1 aliphatic rings. The topological polar surface area (TPSA) is 143 Å². The molecule has 0 saturated heterocycles. The smallest absolute Gasteiger partial charge is 0.342 e. The molecule has 1 saturated carbocycles. The van der Waals surface area contributed by atoms with Crippen molar-refractivity contribution in [1.82, 2.24) is 4.98 Å². The Bertz CT molecular complexity index is 981. The molecule has 0 bridgehead atoms. The summed E-state index contributed by atoms with van der Waals surface area (Å²) in [6.07, 6.45) is 2.20. The maximum absolute atomic E-state index is 14.5. The quantitative estimate of drug-likeness (QED) is 0.579. The predicted octanol–water partition coefficient (Wildman–Crippen LogP) is 2.09. The van der Waals surface area contributed by atoms with Crippen molar-refractivity contribution in [1.29, 1.82) is 0 Å². The lowest BCUT2D eigenvalue weighted by Crippen LogP contribution is -2.24. The first-order valence-electron chi connectivity index (χ1n) is 8.18. The second kappa shape index (κ2) is 7.20. The van der Waals surface area contributed by atoms with E-state index in [0.717, 1.165) is 18.9 Å². The van der Waals surface area contributed by atoms with Gasteiger partial charge in [-0.3, -0.25) is 4.79 Å². The number of pyridine rings is 1. The van der Waals surface area contributed by atoms with Gasteiger partial charge in [0.1, 0.15) is 22.8 Å². The molecule has 1 aliphatic carbocycles. The lowest BCUT2D eigenvalue weighted by Gasteiger charge is -2.13. The van der Waals surface area contributed by atoms with Crippen LogP contribution in [0.4, 0.5) is 10.2 Å². The Labute approximate surface area is 152 Å². The molecular formula is C18H17FN2O6. The number of aromatic amines is 1. The first-order valence-corrected chi connectivity index (χ1v) is 8.18. The van der Waals surface area contributed by atoms with Crippen LogP contribution in [0.25, 0.3) is 11.1 Å². The third-order valence-electron chi connectivity index (χ3n) is 4.32. The van der Waals surface area contributed by atoms with E-state index < -0.39 is 45.8 Å². The first-order chi connectivity index (χ1) is 12.8. The number of rotatable bonds is 7. The molecule has 0 radical (unpaired) electrons. The lowest BCUT2D eigenvalue weighted by atomic mass is 9.94. The number of H-pyrrole nitrogens is 1. The van der Waals surface area contributed by atoms with Crippen LogP contribution in [-0.4, -0.2) is 33.7 Å². The Balaban J connectivity index is 2.06. The van der Waals surface area contributed by atoms with Crippen molar-refractivity contribution in [2.24, 2.45) is 5.92 Å².